The number of hydrogen-bond acceptors (Lipinski definition) is 5. The normalized spacial score (nSPS) is 19.3. The van der Waals surface area contributed by atoms with Gasteiger partial charge >= 0.3 is 0 Å². The molecule has 8 nitrogen and oxygen atoms in total. The van der Waals surface area contributed by atoms with Gasteiger partial charge in [0.2, 0.25) is 17.7 Å². The summed E-state index contributed by atoms with van der Waals surface area (Å²) in [6.07, 6.45) is 6.90. The third-order valence-electron chi connectivity index (χ3n) is 9.36. The van der Waals surface area contributed by atoms with E-state index in [0.29, 0.717) is 37.6 Å². The molecule has 0 radical (unpaired) electrons. The molecule has 0 aromatic heterocycles. The van der Waals surface area contributed by atoms with Crippen molar-refractivity contribution in [2.75, 3.05) is 27.2 Å². The van der Waals surface area contributed by atoms with Gasteiger partial charge in [-0.25, -0.2) is 0 Å². The lowest BCUT2D eigenvalue weighted by Gasteiger charge is -2.41. The maximum absolute atomic E-state index is 14.5. The van der Waals surface area contributed by atoms with Crippen molar-refractivity contribution < 1.29 is 24.6 Å². The number of benzene rings is 1. The predicted octanol–water partition coefficient (Wildman–Crippen LogP) is 4.74. The van der Waals surface area contributed by atoms with Crippen molar-refractivity contribution >= 4 is 17.7 Å². The van der Waals surface area contributed by atoms with Crippen LogP contribution in [-0.4, -0.2) is 83.2 Å². The standard InChI is InChI=1S/C35H57N3O5/c1-24(2)18-31(39)34(42)30(20-26-12-8-6-9-13-26)38(23-33(41)37(4)5)35(43)29(19-27-16-17-27)21-32(40)36-22-25(3)28-14-10-7-11-15-28/h7,10-11,14-15,24-27,29-31,34,39,42H,6,8-9,12-13,16-23H2,1-5H3,(H,36,40)/t25-,29+,30-,31-,34+/m0/s1. The molecule has 2 aliphatic rings. The van der Waals surface area contributed by atoms with Crippen LogP contribution in [0.3, 0.4) is 0 Å². The zero-order valence-corrected chi connectivity index (χ0v) is 27.2. The van der Waals surface area contributed by atoms with Crippen molar-refractivity contribution in [3.05, 3.63) is 35.9 Å². The number of aliphatic hydroxyl groups excluding tert-OH is 2. The summed E-state index contributed by atoms with van der Waals surface area (Å²) in [5.41, 5.74) is 1.14. The van der Waals surface area contributed by atoms with Crippen LogP contribution in [0.5, 0.6) is 0 Å². The Morgan fingerprint density at radius 3 is 2.12 bits per heavy atom. The molecule has 2 aliphatic carbocycles. The van der Waals surface area contributed by atoms with E-state index in [4.69, 9.17) is 0 Å². The molecule has 0 unspecified atom stereocenters. The number of aliphatic hydroxyl groups is 2. The van der Waals surface area contributed by atoms with Crippen molar-refractivity contribution in [1.29, 1.82) is 0 Å². The average Bonchev–Trinajstić information content (AvgIpc) is 3.81. The fourth-order valence-electron chi connectivity index (χ4n) is 6.46. The second-order valence-corrected chi connectivity index (χ2v) is 13.9. The largest absolute Gasteiger partial charge is 0.390 e. The highest BCUT2D eigenvalue weighted by Gasteiger charge is 2.41. The number of rotatable bonds is 17. The van der Waals surface area contributed by atoms with Crippen LogP contribution in [0.1, 0.15) is 103 Å². The molecule has 242 valence electrons. The second kappa shape index (κ2) is 17.1. The number of nitrogens with one attached hydrogen (secondary N) is 1. The molecule has 0 saturated heterocycles. The minimum absolute atomic E-state index is 0.0459. The molecule has 43 heavy (non-hydrogen) atoms. The molecule has 2 fully saturated rings. The second-order valence-electron chi connectivity index (χ2n) is 13.9. The third-order valence-corrected chi connectivity index (χ3v) is 9.36. The number of nitrogens with zero attached hydrogens (tertiary/aromatic N) is 2. The third kappa shape index (κ3) is 11.5. The molecule has 3 N–H and O–H groups in total. The SMILES string of the molecule is CC(C)C[C@H](O)[C@H](O)[C@H](CC1CCCCC1)N(CC(=O)N(C)C)C(=O)[C@@H](CC(=O)NC[C@H](C)c1ccccc1)CC1CC1. The van der Waals surface area contributed by atoms with Crippen LogP contribution < -0.4 is 5.32 Å². The minimum atomic E-state index is -1.18. The van der Waals surface area contributed by atoms with Gasteiger partial charge in [0.05, 0.1) is 12.1 Å². The van der Waals surface area contributed by atoms with Gasteiger partial charge in [-0.05, 0) is 48.5 Å². The Bertz CT molecular complexity index is 1010. The van der Waals surface area contributed by atoms with Gasteiger partial charge in [-0.1, -0.05) is 96.0 Å². The fourth-order valence-corrected chi connectivity index (χ4v) is 6.46. The molecule has 2 saturated carbocycles. The number of hydrogen-bond donors (Lipinski definition) is 3. The van der Waals surface area contributed by atoms with Gasteiger partial charge in [0.25, 0.3) is 0 Å². The number of amides is 3. The van der Waals surface area contributed by atoms with Gasteiger partial charge in [0, 0.05) is 33.0 Å². The van der Waals surface area contributed by atoms with Crippen LogP contribution >= 0.6 is 0 Å². The molecule has 0 spiro atoms. The Hall–Kier alpha value is -2.45. The lowest BCUT2D eigenvalue weighted by atomic mass is 9.81. The maximum Gasteiger partial charge on any atom is 0.241 e. The Morgan fingerprint density at radius 2 is 1.53 bits per heavy atom. The summed E-state index contributed by atoms with van der Waals surface area (Å²) in [4.78, 5) is 43.9. The molecule has 5 atom stereocenters. The highest BCUT2D eigenvalue weighted by molar-refractivity contribution is 5.89. The topological polar surface area (TPSA) is 110 Å². The van der Waals surface area contributed by atoms with Crippen LogP contribution in [0.4, 0.5) is 0 Å². The predicted molar refractivity (Wildman–Crippen MR) is 170 cm³/mol. The molecule has 0 heterocycles. The highest BCUT2D eigenvalue weighted by atomic mass is 16.3. The van der Waals surface area contributed by atoms with Crippen LogP contribution in [-0.2, 0) is 14.4 Å². The first-order chi connectivity index (χ1) is 20.5. The summed E-state index contributed by atoms with van der Waals surface area (Å²) in [5, 5.41) is 25.7. The zero-order chi connectivity index (χ0) is 31.5. The molecule has 3 amide bonds. The van der Waals surface area contributed by atoms with E-state index < -0.39 is 24.2 Å². The Kier molecular flexibility index (Phi) is 14.0. The lowest BCUT2D eigenvalue weighted by Crippen LogP contribution is -2.56. The van der Waals surface area contributed by atoms with Crippen LogP contribution in [0, 0.1) is 23.7 Å². The summed E-state index contributed by atoms with van der Waals surface area (Å²) in [7, 11) is 3.32. The monoisotopic (exact) mass is 599 g/mol. The molecular formula is C35H57N3O5. The van der Waals surface area contributed by atoms with Gasteiger partial charge in [0.1, 0.15) is 12.6 Å². The average molecular weight is 600 g/mol. The summed E-state index contributed by atoms with van der Waals surface area (Å²) < 4.78 is 0. The van der Waals surface area contributed by atoms with E-state index >= 15 is 0 Å². The molecule has 3 rings (SSSR count). The van der Waals surface area contributed by atoms with E-state index in [0.717, 1.165) is 44.1 Å². The summed E-state index contributed by atoms with van der Waals surface area (Å²) in [5.74, 6) is -0.253. The van der Waals surface area contributed by atoms with E-state index in [-0.39, 0.29) is 42.5 Å². The zero-order valence-electron chi connectivity index (χ0n) is 27.2. The van der Waals surface area contributed by atoms with Gasteiger partial charge in [-0.2, -0.15) is 0 Å². The first kappa shape index (κ1) is 35.0. The van der Waals surface area contributed by atoms with Crippen molar-refractivity contribution in [2.24, 2.45) is 23.7 Å². The van der Waals surface area contributed by atoms with Crippen molar-refractivity contribution in [3.63, 3.8) is 0 Å². The molecule has 0 aliphatic heterocycles. The van der Waals surface area contributed by atoms with Crippen LogP contribution in [0.2, 0.25) is 0 Å². The molecule has 8 heteroatoms. The smallest absolute Gasteiger partial charge is 0.241 e. The van der Waals surface area contributed by atoms with Crippen molar-refractivity contribution in [2.45, 2.75) is 116 Å². The Balaban J connectivity index is 1.84. The molecule has 0 bridgehead atoms. The van der Waals surface area contributed by atoms with Crippen LogP contribution in [0.15, 0.2) is 30.3 Å². The Labute approximate surface area is 259 Å². The molecular weight excluding hydrogens is 542 g/mol. The van der Waals surface area contributed by atoms with E-state index in [1.807, 2.05) is 44.2 Å². The van der Waals surface area contributed by atoms with E-state index in [9.17, 15) is 24.6 Å². The van der Waals surface area contributed by atoms with Gasteiger partial charge < -0.3 is 25.3 Å². The number of carbonyl (C=O) groups excluding carboxylic acids is 3. The lowest BCUT2D eigenvalue weighted by molar-refractivity contribution is -0.151. The van der Waals surface area contributed by atoms with Gasteiger partial charge in [0.15, 0.2) is 0 Å². The van der Waals surface area contributed by atoms with E-state index in [1.165, 1.54) is 16.2 Å². The Morgan fingerprint density at radius 1 is 0.907 bits per heavy atom. The summed E-state index contributed by atoms with van der Waals surface area (Å²) >= 11 is 0. The maximum atomic E-state index is 14.5. The van der Waals surface area contributed by atoms with Crippen molar-refractivity contribution in [1.82, 2.24) is 15.1 Å². The van der Waals surface area contributed by atoms with E-state index in [2.05, 4.69) is 12.2 Å². The molecule has 1 aromatic rings. The highest BCUT2D eigenvalue weighted by Crippen LogP contribution is 2.38. The fraction of sp³-hybridized carbons (Fsp3) is 0.743. The summed E-state index contributed by atoms with van der Waals surface area (Å²) in [6, 6.07) is 9.32. The first-order valence-corrected chi connectivity index (χ1v) is 16.6. The quantitative estimate of drug-likeness (QED) is 0.240. The van der Waals surface area contributed by atoms with E-state index in [1.54, 1.807) is 14.1 Å². The number of likely N-dealkylation sites (N-methyl/N-ethyl adjacent to an activating group) is 1. The van der Waals surface area contributed by atoms with Gasteiger partial charge in [-0.3, -0.25) is 14.4 Å². The summed E-state index contributed by atoms with van der Waals surface area (Å²) in [6.45, 7) is 6.35. The van der Waals surface area contributed by atoms with Crippen molar-refractivity contribution in [3.8, 4) is 0 Å². The van der Waals surface area contributed by atoms with Gasteiger partial charge in [-0.15, -0.1) is 0 Å². The minimum Gasteiger partial charge on any atom is -0.390 e. The van der Waals surface area contributed by atoms with Crippen LogP contribution in [0.25, 0.3) is 0 Å². The first-order valence-electron chi connectivity index (χ1n) is 16.6. The molecule has 1 aromatic carbocycles. The number of carbonyl (C=O) groups is 3.